The quantitative estimate of drug-likeness (QED) is 0.528. The first-order chi connectivity index (χ1) is 14.1. The topological polar surface area (TPSA) is 55.8 Å². The van der Waals surface area contributed by atoms with Gasteiger partial charge in [-0.3, -0.25) is 4.90 Å². The summed E-state index contributed by atoms with van der Waals surface area (Å²) in [6, 6.07) is 19.5. The highest BCUT2D eigenvalue weighted by atomic mass is 16.6. The van der Waals surface area contributed by atoms with Crippen LogP contribution >= 0.6 is 0 Å². The monoisotopic (exact) mass is 393 g/mol. The maximum atomic E-state index is 13.3. The Morgan fingerprint density at radius 2 is 1.48 bits per heavy atom. The first kappa shape index (κ1) is 20.8. The van der Waals surface area contributed by atoms with E-state index in [9.17, 15) is 9.59 Å². The van der Waals surface area contributed by atoms with Crippen LogP contribution in [0.15, 0.2) is 66.2 Å². The van der Waals surface area contributed by atoms with E-state index in [0.29, 0.717) is 25.1 Å². The first-order valence-corrected chi connectivity index (χ1v) is 10.0. The lowest BCUT2D eigenvalue weighted by Crippen LogP contribution is -2.58. The zero-order valence-electron chi connectivity index (χ0n) is 17.0. The van der Waals surface area contributed by atoms with Crippen LogP contribution in [0, 0.1) is 0 Å². The molecule has 2 aromatic carbocycles. The van der Waals surface area contributed by atoms with Crippen molar-refractivity contribution in [2.75, 3.05) is 19.8 Å². The van der Waals surface area contributed by atoms with Gasteiger partial charge in [-0.15, -0.1) is 0 Å². The molecule has 1 aliphatic rings. The number of rotatable bonds is 7. The Morgan fingerprint density at radius 3 is 2.03 bits per heavy atom. The number of hydrogen-bond acceptors (Lipinski definition) is 5. The SMILES string of the molecule is CCOC(=O)C1(C(=O)OCC)/C(=C\c2ccccc2)CCN1Cc1ccccc1. The van der Waals surface area contributed by atoms with Gasteiger partial charge in [0.05, 0.1) is 13.2 Å². The van der Waals surface area contributed by atoms with Crippen molar-refractivity contribution in [2.24, 2.45) is 0 Å². The Kier molecular flexibility index (Phi) is 6.83. The van der Waals surface area contributed by atoms with Crippen LogP contribution in [0.1, 0.15) is 31.4 Å². The fourth-order valence-electron chi connectivity index (χ4n) is 3.81. The van der Waals surface area contributed by atoms with E-state index in [0.717, 1.165) is 11.1 Å². The maximum absolute atomic E-state index is 13.3. The molecule has 0 aliphatic carbocycles. The molecule has 1 saturated heterocycles. The molecule has 0 unspecified atom stereocenters. The third-order valence-corrected chi connectivity index (χ3v) is 5.09. The largest absolute Gasteiger partial charge is 0.464 e. The number of carbonyl (C=O) groups excluding carboxylic acids is 2. The average Bonchev–Trinajstić information content (AvgIpc) is 3.08. The number of carbonyl (C=O) groups is 2. The molecule has 152 valence electrons. The van der Waals surface area contributed by atoms with E-state index in [-0.39, 0.29) is 13.2 Å². The second-order valence-electron chi connectivity index (χ2n) is 6.89. The van der Waals surface area contributed by atoms with E-state index in [1.54, 1.807) is 13.8 Å². The molecular weight excluding hydrogens is 366 g/mol. The van der Waals surface area contributed by atoms with Gasteiger partial charge in [-0.2, -0.15) is 0 Å². The molecule has 0 atom stereocenters. The summed E-state index contributed by atoms with van der Waals surface area (Å²) >= 11 is 0. The van der Waals surface area contributed by atoms with Crippen molar-refractivity contribution in [3.8, 4) is 0 Å². The standard InChI is InChI=1S/C24H27NO4/c1-3-28-22(26)24(23(27)29-4-2)21(17-19-11-7-5-8-12-19)15-16-25(24)18-20-13-9-6-10-14-20/h5-14,17H,3-4,15-16,18H2,1-2H3/b21-17-. The molecule has 0 aromatic heterocycles. The molecule has 0 spiro atoms. The minimum atomic E-state index is -1.57. The zero-order chi connectivity index (χ0) is 20.7. The summed E-state index contributed by atoms with van der Waals surface area (Å²) in [5.74, 6) is -1.15. The molecule has 5 nitrogen and oxygen atoms in total. The fraction of sp³-hybridized carbons (Fsp3) is 0.333. The lowest BCUT2D eigenvalue weighted by molar-refractivity contribution is -0.170. The third kappa shape index (κ3) is 4.25. The summed E-state index contributed by atoms with van der Waals surface area (Å²) < 4.78 is 10.8. The van der Waals surface area contributed by atoms with Crippen LogP contribution in [-0.2, 0) is 25.6 Å². The second kappa shape index (κ2) is 9.52. The molecular formula is C24H27NO4. The first-order valence-electron chi connectivity index (χ1n) is 10.0. The molecule has 2 aromatic rings. The van der Waals surface area contributed by atoms with E-state index in [4.69, 9.17) is 9.47 Å². The smallest absolute Gasteiger partial charge is 0.342 e. The van der Waals surface area contributed by atoms with Crippen molar-refractivity contribution < 1.29 is 19.1 Å². The van der Waals surface area contributed by atoms with Crippen LogP contribution in [0.5, 0.6) is 0 Å². The number of nitrogens with zero attached hydrogens (tertiary/aromatic N) is 1. The van der Waals surface area contributed by atoms with Crippen LogP contribution in [0.2, 0.25) is 0 Å². The van der Waals surface area contributed by atoms with Gasteiger partial charge in [0, 0.05) is 13.1 Å². The van der Waals surface area contributed by atoms with E-state index < -0.39 is 17.5 Å². The number of ether oxygens (including phenoxy) is 2. The summed E-state index contributed by atoms with van der Waals surface area (Å²) in [4.78, 5) is 28.4. The van der Waals surface area contributed by atoms with Gasteiger partial charge in [-0.25, -0.2) is 9.59 Å². The lowest BCUT2D eigenvalue weighted by atomic mass is 9.88. The van der Waals surface area contributed by atoms with E-state index in [1.807, 2.05) is 71.6 Å². The Bertz CT molecular complexity index is 843. The highest BCUT2D eigenvalue weighted by Crippen LogP contribution is 2.39. The van der Waals surface area contributed by atoms with Crippen LogP contribution in [-0.4, -0.2) is 42.1 Å². The zero-order valence-corrected chi connectivity index (χ0v) is 17.0. The molecule has 0 radical (unpaired) electrons. The van der Waals surface area contributed by atoms with E-state index in [2.05, 4.69) is 0 Å². The minimum absolute atomic E-state index is 0.192. The van der Waals surface area contributed by atoms with Crippen molar-refractivity contribution >= 4 is 18.0 Å². The van der Waals surface area contributed by atoms with Crippen molar-refractivity contribution in [1.29, 1.82) is 0 Å². The van der Waals surface area contributed by atoms with Crippen LogP contribution in [0.4, 0.5) is 0 Å². The maximum Gasteiger partial charge on any atom is 0.342 e. The van der Waals surface area contributed by atoms with Crippen molar-refractivity contribution in [3.05, 3.63) is 77.4 Å². The molecule has 0 bridgehead atoms. The van der Waals surface area contributed by atoms with Gasteiger partial charge in [-0.1, -0.05) is 66.7 Å². The van der Waals surface area contributed by atoms with Crippen LogP contribution < -0.4 is 0 Å². The molecule has 3 rings (SSSR count). The normalized spacial score (nSPS) is 17.2. The molecule has 1 heterocycles. The summed E-state index contributed by atoms with van der Waals surface area (Å²) in [6.07, 6.45) is 2.50. The highest BCUT2D eigenvalue weighted by Gasteiger charge is 2.59. The fourth-order valence-corrected chi connectivity index (χ4v) is 3.81. The second-order valence-corrected chi connectivity index (χ2v) is 6.89. The lowest BCUT2D eigenvalue weighted by Gasteiger charge is -2.35. The van der Waals surface area contributed by atoms with Gasteiger partial charge < -0.3 is 9.47 Å². The van der Waals surface area contributed by atoms with E-state index in [1.165, 1.54) is 0 Å². The molecule has 0 N–H and O–H groups in total. The average molecular weight is 393 g/mol. The Labute approximate surface area is 171 Å². The number of likely N-dealkylation sites (tertiary alicyclic amines) is 1. The van der Waals surface area contributed by atoms with Gasteiger partial charge in [0.25, 0.3) is 0 Å². The number of hydrogen-bond donors (Lipinski definition) is 0. The van der Waals surface area contributed by atoms with Crippen LogP contribution in [0.25, 0.3) is 6.08 Å². The van der Waals surface area contributed by atoms with Crippen molar-refractivity contribution in [3.63, 3.8) is 0 Å². The summed E-state index contributed by atoms with van der Waals surface area (Å²) in [6.45, 7) is 4.88. The van der Waals surface area contributed by atoms with Crippen molar-refractivity contribution in [2.45, 2.75) is 32.4 Å². The summed E-state index contributed by atoms with van der Waals surface area (Å²) in [5.41, 5.74) is 1.09. The molecule has 0 saturated carbocycles. The Morgan fingerprint density at radius 1 is 0.931 bits per heavy atom. The van der Waals surface area contributed by atoms with Gasteiger partial charge >= 0.3 is 11.9 Å². The molecule has 0 amide bonds. The summed E-state index contributed by atoms with van der Waals surface area (Å²) in [5, 5.41) is 0. The minimum Gasteiger partial charge on any atom is -0.464 e. The van der Waals surface area contributed by atoms with Crippen molar-refractivity contribution in [1.82, 2.24) is 4.90 Å². The Balaban J connectivity index is 2.10. The van der Waals surface area contributed by atoms with Crippen LogP contribution in [0.3, 0.4) is 0 Å². The number of benzene rings is 2. The Hall–Kier alpha value is -2.92. The molecule has 1 fully saturated rings. The van der Waals surface area contributed by atoms with Gasteiger partial charge in [0.1, 0.15) is 0 Å². The predicted octanol–water partition coefficient (Wildman–Crippen LogP) is 3.84. The molecule has 29 heavy (non-hydrogen) atoms. The van der Waals surface area contributed by atoms with Gasteiger partial charge in [0.2, 0.25) is 5.54 Å². The molecule has 1 aliphatic heterocycles. The molecule has 5 heteroatoms. The number of esters is 2. The third-order valence-electron chi connectivity index (χ3n) is 5.09. The summed E-state index contributed by atoms with van der Waals surface area (Å²) in [7, 11) is 0. The van der Waals surface area contributed by atoms with E-state index >= 15 is 0 Å². The van der Waals surface area contributed by atoms with Gasteiger partial charge in [0.15, 0.2) is 0 Å². The van der Waals surface area contributed by atoms with Gasteiger partial charge in [-0.05, 0) is 37.0 Å². The predicted molar refractivity (Wildman–Crippen MR) is 112 cm³/mol. The highest BCUT2D eigenvalue weighted by molar-refractivity contribution is 6.10.